The quantitative estimate of drug-likeness (QED) is 0.602. The minimum atomic E-state index is 0.344. The number of carbonyl (C=O) groups excluding carboxylic acids is 1. The summed E-state index contributed by atoms with van der Waals surface area (Å²) in [7, 11) is 0.535. The van der Waals surface area contributed by atoms with Gasteiger partial charge < -0.3 is 9.61 Å². The average molecular weight is 266 g/mol. The van der Waals surface area contributed by atoms with Gasteiger partial charge in [0.2, 0.25) is 0 Å². The van der Waals surface area contributed by atoms with Crippen molar-refractivity contribution in [1.29, 1.82) is 0 Å². The Bertz CT molecular complexity index is 383. The fourth-order valence-electron chi connectivity index (χ4n) is 2.22. The van der Waals surface area contributed by atoms with Crippen LogP contribution in [0.2, 0.25) is 0 Å². The first kappa shape index (κ1) is 10.9. The van der Waals surface area contributed by atoms with Crippen LogP contribution in [0.1, 0.15) is 24.1 Å². The Morgan fingerprint density at radius 3 is 3.13 bits per heavy atom. The molecule has 1 aromatic carbocycles. The van der Waals surface area contributed by atoms with E-state index in [2.05, 4.69) is 45.9 Å². The first-order chi connectivity index (χ1) is 7.24. The molecule has 15 heavy (non-hydrogen) atoms. The number of nitrogens with zero attached hydrogens (tertiary/aromatic N) is 1. The van der Waals surface area contributed by atoms with E-state index in [1.165, 1.54) is 15.6 Å². The van der Waals surface area contributed by atoms with Gasteiger partial charge in [-0.1, -0.05) is 28.1 Å². The molecule has 0 bridgehead atoms. The van der Waals surface area contributed by atoms with E-state index >= 15 is 0 Å². The topological polar surface area (TPSA) is 20.3 Å². The molecule has 0 saturated carbocycles. The van der Waals surface area contributed by atoms with Crippen LogP contribution in [-0.4, -0.2) is 25.0 Å². The van der Waals surface area contributed by atoms with Crippen molar-refractivity contribution in [3.8, 4) is 0 Å². The molecule has 0 saturated heterocycles. The van der Waals surface area contributed by atoms with Crippen LogP contribution >= 0.6 is 15.9 Å². The van der Waals surface area contributed by atoms with Crippen molar-refractivity contribution in [1.82, 2.24) is 4.81 Å². The lowest BCUT2D eigenvalue weighted by Gasteiger charge is -2.34. The zero-order valence-electron chi connectivity index (χ0n) is 8.74. The maximum absolute atomic E-state index is 10.5. The lowest BCUT2D eigenvalue weighted by Crippen LogP contribution is -2.37. The van der Waals surface area contributed by atoms with E-state index in [1.54, 1.807) is 0 Å². The average Bonchev–Trinajstić information content (AvgIpc) is 2.23. The molecule has 1 aliphatic heterocycles. The van der Waals surface area contributed by atoms with Crippen LogP contribution in [0, 0.1) is 0 Å². The predicted molar refractivity (Wildman–Crippen MR) is 66.9 cm³/mol. The van der Waals surface area contributed by atoms with Gasteiger partial charge in [0.05, 0.1) is 6.19 Å². The van der Waals surface area contributed by atoms with Gasteiger partial charge in [0, 0.05) is 10.5 Å². The molecule has 1 aromatic rings. The van der Waals surface area contributed by atoms with E-state index in [0.717, 1.165) is 19.2 Å². The van der Waals surface area contributed by atoms with Crippen molar-refractivity contribution in [3.05, 3.63) is 33.8 Å². The molecule has 1 heterocycles. The van der Waals surface area contributed by atoms with Gasteiger partial charge >= 0.3 is 0 Å². The van der Waals surface area contributed by atoms with Crippen LogP contribution in [0.4, 0.5) is 0 Å². The molecule has 2 rings (SSSR count). The largest absolute Gasteiger partial charge is 0.332 e. The third kappa shape index (κ3) is 2.01. The van der Waals surface area contributed by atoms with Crippen LogP contribution in [0.3, 0.4) is 0 Å². The summed E-state index contributed by atoms with van der Waals surface area (Å²) in [6, 6.07) is 6.64. The van der Waals surface area contributed by atoms with E-state index < -0.39 is 0 Å². The summed E-state index contributed by atoms with van der Waals surface area (Å²) in [5.74, 6) is 0. The summed E-state index contributed by atoms with van der Waals surface area (Å²) in [6.07, 6.45) is 2.01. The molecular weight excluding hydrogens is 253 g/mol. The summed E-state index contributed by atoms with van der Waals surface area (Å²) >= 11 is 3.58. The van der Waals surface area contributed by atoms with Gasteiger partial charge in [-0.2, -0.15) is 0 Å². The molecule has 2 nitrogen and oxygen atoms in total. The van der Waals surface area contributed by atoms with Crippen LogP contribution in [0.25, 0.3) is 0 Å². The minimum absolute atomic E-state index is 0.344. The second-order valence-electron chi connectivity index (χ2n) is 3.90. The summed E-state index contributed by atoms with van der Waals surface area (Å²) in [6.45, 7) is 3.13. The van der Waals surface area contributed by atoms with Crippen molar-refractivity contribution in [2.75, 3.05) is 6.54 Å². The van der Waals surface area contributed by atoms with E-state index in [0.29, 0.717) is 13.5 Å². The molecule has 0 aliphatic carbocycles. The maximum atomic E-state index is 10.5. The van der Waals surface area contributed by atoms with Crippen LogP contribution in [-0.2, 0) is 11.2 Å². The highest BCUT2D eigenvalue weighted by Crippen LogP contribution is 2.32. The van der Waals surface area contributed by atoms with Gasteiger partial charge in [-0.3, -0.25) is 0 Å². The molecule has 1 atom stereocenters. The molecule has 0 fully saturated rings. The smallest absolute Gasteiger partial charge is 0.281 e. The fraction of sp³-hybridized carbons (Fsp3) is 0.364. The molecule has 1 aliphatic rings. The highest BCUT2D eigenvalue weighted by molar-refractivity contribution is 9.10. The Morgan fingerprint density at radius 2 is 2.40 bits per heavy atom. The highest BCUT2D eigenvalue weighted by Gasteiger charge is 2.24. The zero-order chi connectivity index (χ0) is 10.8. The monoisotopic (exact) mass is 265 g/mol. The number of benzene rings is 1. The van der Waals surface area contributed by atoms with Crippen LogP contribution in [0.15, 0.2) is 22.7 Å². The lowest BCUT2D eigenvalue weighted by molar-refractivity contribution is 0.342. The Labute approximate surface area is 99.0 Å². The molecule has 0 spiro atoms. The highest BCUT2D eigenvalue weighted by atomic mass is 79.9. The number of hydrogen-bond donors (Lipinski definition) is 0. The third-order valence-corrected chi connectivity index (χ3v) is 3.85. The summed E-state index contributed by atoms with van der Waals surface area (Å²) in [5.41, 5.74) is 2.74. The Morgan fingerprint density at radius 1 is 1.60 bits per heavy atom. The van der Waals surface area contributed by atoms with Crippen molar-refractivity contribution in [2.24, 2.45) is 0 Å². The number of halogens is 1. The van der Waals surface area contributed by atoms with Gasteiger partial charge in [-0.15, -0.1) is 0 Å². The summed E-state index contributed by atoms with van der Waals surface area (Å²) in [4.78, 5) is 12.8. The number of carbonyl (C=O) groups is 1. The van der Waals surface area contributed by atoms with Crippen LogP contribution < -0.4 is 0 Å². The number of fused-ring (bicyclic) bond motifs is 1. The molecule has 4 heteroatoms. The summed E-state index contributed by atoms with van der Waals surface area (Å²) < 4.78 is 1.19. The van der Waals surface area contributed by atoms with Crippen molar-refractivity contribution < 1.29 is 4.79 Å². The van der Waals surface area contributed by atoms with E-state index in [4.69, 9.17) is 0 Å². The Hall–Kier alpha value is -0.605. The standard InChI is InChI=1S/C11H13BBrNO/c1-8-9-3-2-4-11(13)10(9)5-6-14(8)12-7-15/h2-4,7-8,12H,5-6H2,1H3. The van der Waals surface area contributed by atoms with Gasteiger partial charge in [0.25, 0.3) is 7.41 Å². The zero-order valence-corrected chi connectivity index (χ0v) is 10.3. The molecule has 0 amide bonds. The van der Waals surface area contributed by atoms with Crippen molar-refractivity contribution >= 4 is 29.5 Å². The van der Waals surface area contributed by atoms with Crippen LogP contribution in [0.5, 0.6) is 0 Å². The summed E-state index contributed by atoms with van der Waals surface area (Å²) in [5, 5.41) is 0. The van der Waals surface area contributed by atoms with E-state index in [1.807, 2.05) is 0 Å². The van der Waals surface area contributed by atoms with E-state index in [9.17, 15) is 4.79 Å². The molecule has 78 valence electrons. The SMILES string of the molecule is CC1c2cccc(Br)c2CCN1BC=O. The van der Waals surface area contributed by atoms with Gasteiger partial charge in [-0.05, 0) is 37.1 Å². The second-order valence-corrected chi connectivity index (χ2v) is 4.75. The fourth-order valence-corrected chi connectivity index (χ4v) is 2.80. The molecule has 1 unspecified atom stereocenters. The molecule has 0 N–H and O–H groups in total. The molecule has 0 aromatic heterocycles. The molecule has 0 radical (unpaired) electrons. The molecular formula is C11H13BBrNO. The Kier molecular flexibility index (Phi) is 3.27. The second kappa shape index (κ2) is 4.50. The number of rotatable bonds is 2. The van der Waals surface area contributed by atoms with Gasteiger partial charge in [-0.25, -0.2) is 0 Å². The third-order valence-electron chi connectivity index (χ3n) is 3.11. The van der Waals surface area contributed by atoms with Crippen molar-refractivity contribution in [2.45, 2.75) is 19.4 Å². The Balaban J connectivity index is 2.33. The van der Waals surface area contributed by atoms with Gasteiger partial charge in [0.15, 0.2) is 0 Å². The maximum Gasteiger partial charge on any atom is 0.281 e. The van der Waals surface area contributed by atoms with E-state index in [-0.39, 0.29) is 0 Å². The first-order valence-corrected chi connectivity index (χ1v) is 5.98. The lowest BCUT2D eigenvalue weighted by atomic mass is 9.84. The normalized spacial score (nSPS) is 20.8. The van der Waals surface area contributed by atoms with Gasteiger partial charge in [0.1, 0.15) is 0 Å². The predicted octanol–water partition coefficient (Wildman–Crippen LogP) is 1.91. The number of hydrogen-bond acceptors (Lipinski definition) is 2. The van der Waals surface area contributed by atoms with Crippen molar-refractivity contribution in [3.63, 3.8) is 0 Å². The first-order valence-electron chi connectivity index (χ1n) is 5.19. The minimum Gasteiger partial charge on any atom is -0.332 e.